The first-order valence-electron chi connectivity index (χ1n) is 13.0. The van der Waals surface area contributed by atoms with E-state index in [4.69, 9.17) is 13.8 Å². The molecule has 8 rings (SSSR count). The van der Waals surface area contributed by atoms with E-state index >= 15 is 0 Å². The SMILES string of the molecule is c1ccc(N(c2ccccc2)c2cc3c(oc4cccc(-c5nc6ccccc6o5)c43)c3ccccc23)cc1. The number of hydrogen-bond acceptors (Lipinski definition) is 4. The minimum Gasteiger partial charge on any atom is -0.455 e. The minimum absolute atomic E-state index is 0.585. The van der Waals surface area contributed by atoms with Crippen LogP contribution >= 0.6 is 0 Å². The second-order valence-corrected chi connectivity index (χ2v) is 9.59. The fourth-order valence-electron chi connectivity index (χ4n) is 5.56. The van der Waals surface area contributed by atoms with Crippen molar-refractivity contribution in [2.24, 2.45) is 0 Å². The summed E-state index contributed by atoms with van der Waals surface area (Å²) in [6, 6.07) is 45.6. The standard InChI is InChI=1S/C35H22N2O2/c1-3-12-23(13-4-1)37(24-14-5-2-6-15-24)30-22-28-33-27(35-36-29-19-9-10-20-31(29)39-35)18-11-21-32(33)38-34(28)26-17-8-7-16-25(26)30/h1-22H. The molecule has 0 radical (unpaired) electrons. The second-order valence-electron chi connectivity index (χ2n) is 9.59. The maximum absolute atomic E-state index is 6.56. The average molecular weight is 503 g/mol. The number of hydrogen-bond donors (Lipinski definition) is 0. The van der Waals surface area contributed by atoms with Crippen LogP contribution in [0.3, 0.4) is 0 Å². The first kappa shape index (κ1) is 21.7. The lowest BCUT2D eigenvalue weighted by atomic mass is 10.00. The van der Waals surface area contributed by atoms with Gasteiger partial charge in [-0.1, -0.05) is 78.9 Å². The Bertz CT molecular complexity index is 2050. The predicted molar refractivity (Wildman–Crippen MR) is 159 cm³/mol. The topological polar surface area (TPSA) is 42.4 Å². The summed E-state index contributed by atoms with van der Waals surface area (Å²) in [5, 5.41) is 4.18. The molecule has 39 heavy (non-hydrogen) atoms. The van der Waals surface area contributed by atoms with E-state index in [0.717, 1.165) is 66.4 Å². The number of fused-ring (bicyclic) bond motifs is 6. The molecule has 0 atom stereocenters. The van der Waals surface area contributed by atoms with Gasteiger partial charge in [-0.05, 0) is 54.6 Å². The van der Waals surface area contributed by atoms with E-state index in [1.54, 1.807) is 0 Å². The maximum atomic E-state index is 6.56. The number of nitrogens with zero attached hydrogens (tertiary/aromatic N) is 2. The molecule has 0 N–H and O–H groups in total. The van der Waals surface area contributed by atoms with Crippen LogP contribution < -0.4 is 4.90 Å². The Labute approximate surface area is 224 Å². The van der Waals surface area contributed by atoms with Gasteiger partial charge in [0.25, 0.3) is 0 Å². The number of furan rings is 1. The van der Waals surface area contributed by atoms with Gasteiger partial charge in [-0.25, -0.2) is 4.98 Å². The molecule has 0 unspecified atom stereocenters. The summed E-state index contributed by atoms with van der Waals surface area (Å²) in [6.07, 6.45) is 0. The van der Waals surface area contributed by atoms with Gasteiger partial charge < -0.3 is 13.7 Å². The van der Waals surface area contributed by atoms with Gasteiger partial charge in [0.2, 0.25) is 5.89 Å². The monoisotopic (exact) mass is 502 g/mol. The van der Waals surface area contributed by atoms with Crippen molar-refractivity contribution in [2.75, 3.05) is 4.90 Å². The van der Waals surface area contributed by atoms with Crippen LogP contribution in [0.2, 0.25) is 0 Å². The number of benzene rings is 6. The highest BCUT2D eigenvalue weighted by Crippen LogP contribution is 2.46. The van der Waals surface area contributed by atoms with E-state index in [9.17, 15) is 0 Å². The van der Waals surface area contributed by atoms with Crippen LogP contribution in [0.15, 0.2) is 142 Å². The molecule has 0 aliphatic carbocycles. The molecule has 0 spiro atoms. The number of para-hydroxylation sites is 4. The highest BCUT2D eigenvalue weighted by Gasteiger charge is 2.22. The fourth-order valence-corrected chi connectivity index (χ4v) is 5.56. The van der Waals surface area contributed by atoms with Crippen molar-refractivity contribution in [3.8, 4) is 11.5 Å². The summed E-state index contributed by atoms with van der Waals surface area (Å²) in [5.41, 5.74) is 7.41. The molecule has 184 valence electrons. The van der Waals surface area contributed by atoms with Gasteiger partial charge >= 0.3 is 0 Å². The molecule has 2 heterocycles. The number of oxazole rings is 1. The van der Waals surface area contributed by atoms with Gasteiger partial charge in [0.05, 0.1) is 5.69 Å². The molecular formula is C35H22N2O2. The fraction of sp³-hybridized carbons (Fsp3) is 0. The highest BCUT2D eigenvalue weighted by molar-refractivity contribution is 6.22. The number of anilines is 3. The minimum atomic E-state index is 0.585. The van der Waals surface area contributed by atoms with Gasteiger partial charge in [0.1, 0.15) is 16.7 Å². The van der Waals surface area contributed by atoms with Crippen LogP contribution in [0, 0.1) is 0 Å². The van der Waals surface area contributed by atoms with Crippen LogP contribution in [0.5, 0.6) is 0 Å². The largest absolute Gasteiger partial charge is 0.455 e. The Kier molecular flexibility index (Phi) is 4.79. The highest BCUT2D eigenvalue weighted by atomic mass is 16.3. The van der Waals surface area contributed by atoms with Crippen molar-refractivity contribution < 1.29 is 8.83 Å². The molecule has 0 fully saturated rings. The van der Waals surface area contributed by atoms with Crippen LogP contribution in [0.25, 0.3) is 55.3 Å². The lowest BCUT2D eigenvalue weighted by molar-refractivity contribution is 0.620. The van der Waals surface area contributed by atoms with Crippen molar-refractivity contribution in [3.63, 3.8) is 0 Å². The molecule has 4 nitrogen and oxygen atoms in total. The van der Waals surface area contributed by atoms with Crippen molar-refractivity contribution in [2.45, 2.75) is 0 Å². The lowest BCUT2D eigenvalue weighted by Gasteiger charge is -2.27. The normalized spacial score (nSPS) is 11.6. The second kappa shape index (κ2) is 8.61. The summed E-state index contributed by atoms with van der Waals surface area (Å²) in [7, 11) is 0. The predicted octanol–water partition coefficient (Wildman–Crippen LogP) is 10.0. The molecule has 0 bridgehead atoms. The van der Waals surface area contributed by atoms with Crippen LogP contribution in [0.4, 0.5) is 17.1 Å². The lowest BCUT2D eigenvalue weighted by Crippen LogP contribution is -2.10. The zero-order valence-corrected chi connectivity index (χ0v) is 20.9. The summed E-state index contributed by atoms with van der Waals surface area (Å²) in [4.78, 5) is 7.12. The molecule has 0 saturated carbocycles. The third-order valence-corrected chi connectivity index (χ3v) is 7.27. The molecule has 2 aromatic heterocycles. The van der Waals surface area contributed by atoms with E-state index in [1.807, 2.05) is 48.5 Å². The van der Waals surface area contributed by atoms with Crippen LogP contribution in [0.1, 0.15) is 0 Å². The molecule has 4 heteroatoms. The summed E-state index contributed by atoms with van der Waals surface area (Å²) < 4.78 is 12.8. The zero-order chi connectivity index (χ0) is 25.8. The van der Waals surface area contributed by atoms with Crippen LogP contribution in [-0.4, -0.2) is 4.98 Å². The molecule has 8 aromatic rings. The van der Waals surface area contributed by atoms with Crippen molar-refractivity contribution in [3.05, 3.63) is 133 Å². The molecule has 0 amide bonds. The zero-order valence-electron chi connectivity index (χ0n) is 20.9. The first-order chi connectivity index (χ1) is 19.3. The van der Waals surface area contributed by atoms with Gasteiger partial charge in [-0.15, -0.1) is 0 Å². The molecular weight excluding hydrogens is 480 g/mol. The maximum Gasteiger partial charge on any atom is 0.228 e. The Balaban J connectivity index is 1.48. The van der Waals surface area contributed by atoms with Crippen LogP contribution in [-0.2, 0) is 0 Å². The Morgan fingerprint density at radius 3 is 1.90 bits per heavy atom. The third kappa shape index (κ3) is 3.42. The van der Waals surface area contributed by atoms with Crippen molar-refractivity contribution >= 4 is 60.9 Å². The smallest absolute Gasteiger partial charge is 0.228 e. The Morgan fingerprint density at radius 1 is 0.513 bits per heavy atom. The molecule has 6 aromatic carbocycles. The molecule has 0 saturated heterocycles. The molecule has 0 aliphatic heterocycles. The first-order valence-corrected chi connectivity index (χ1v) is 13.0. The quantitative estimate of drug-likeness (QED) is 0.240. The summed E-state index contributed by atoms with van der Waals surface area (Å²) in [5.74, 6) is 0.585. The third-order valence-electron chi connectivity index (χ3n) is 7.27. The van der Waals surface area contributed by atoms with E-state index in [1.165, 1.54) is 0 Å². The van der Waals surface area contributed by atoms with Gasteiger partial charge in [-0.3, -0.25) is 0 Å². The van der Waals surface area contributed by atoms with Crippen molar-refractivity contribution in [1.29, 1.82) is 0 Å². The number of aromatic nitrogens is 1. The van der Waals surface area contributed by atoms with E-state index in [0.29, 0.717) is 5.89 Å². The summed E-state index contributed by atoms with van der Waals surface area (Å²) >= 11 is 0. The Hall–Kier alpha value is -5.35. The van der Waals surface area contributed by atoms with Crippen molar-refractivity contribution in [1.82, 2.24) is 4.98 Å². The van der Waals surface area contributed by atoms with Gasteiger partial charge in [0, 0.05) is 38.5 Å². The summed E-state index contributed by atoms with van der Waals surface area (Å²) in [6.45, 7) is 0. The Morgan fingerprint density at radius 2 is 1.15 bits per heavy atom. The van der Waals surface area contributed by atoms with E-state index < -0.39 is 0 Å². The van der Waals surface area contributed by atoms with Gasteiger partial charge in [-0.2, -0.15) is 0 Å². The average Bonchev–Trinajstić information content (AvgIpc) is 3.60. The number of rotatable bonds is 4. The van der Waals surface area contributed by atoms with E-state index in [-0.39, 0.29) is 0 Å². The van der Waals surface area contributed by atoms with Gasteiger partial charge in [0.15, 0.2) is 5.58 Å². The molecule has 0 aliphatic rings. The van der Waals surface area contributed by atoms with E-state index in [2.05, 4.69) is 89.8 Å².